The fourth-order valence-corrected chi connectivity index (χ4v) is 1.17. The first-order valence-electron chi connectivity index (χ1n) is 4.83. The van der Waals surface area contributed by atoms with Crippen LogP contribution in [0, 0.1) is 0 Å². The fourth-order valence-electron chi connectivity index (χ4n) is 1.17. The van der Waals surface area contributed by atoms with Crippen LogP contribution in [-0.2, 0) is 4.74 Å². The number of carbonyl (C=O) groups excluding carboxylic acids is 1. The van der Waals surface area contributed by atoms with Crippen LogP contribution < -0.4 is 10.5 Å². The second kappa shape index (κ2) is 6.09. The van der Waals surface area contributed by atoms with Crippen molar-refractivity contribution in [3.05, 3.63) is 29.8 Å². The van der Waals surface area contributed by atoms with Crippen LogP contribution in [0.4, 0.5) is 0 Å². The Bertz CT molecular complexity index is 354. The van der Waals surface area contributed by atoms with Crippen LogP contribution in [0.15, 0.2) is 24.3 Å². The summed E-state index contributed by atoms with van der Waals surface area (Å²) in [5.41, 5.74) is 5.50. The molecule has 5 nitrogen and oxygen atoms in total. The van der Waals surface area contributed by atoms with Gasteiger partial charge in [0.15, 0.2) is 0 Å². The molecule has 0 radical (unpaired) electrons. The van der Waals surface area contributed by atoms with E-state index in [1.54, 1.807) is 18.2 Å². The molecule has 1 aromatic rings. The number of nitrogens with two attached hydrogens (primary N) is 1. The molecule has 1 atom stereocenters. The molecule has 0 fully saturated rings. The van der Waals surface area contributed by atoms with Crippen LogP contribution in [0.3, 0.4) is 0 Å². The summed E-state index contributed by atoms with van der Waals surface area (Å²) in [6.07, 6.45) is -0.692. The predicted molar refractivity (Wildman–Crippen MR) is 58.3 cm³/mol. The highest BCUT2D eigenvalue weighted by atomic mass is 16.5. The number of amides is 1. The number of hydrogen-bond acceptors (Lipinski definition) is 4. The molecule has 1 rings (SSSR count). The van der Waals surface area contributed by atoms with Gasteiger partial charge in [-0.1, -0.05) is 6.07 Å². The number of rotatable bonds is 6. The highest BCUT2D eigenvalue weighted by molar-refractivity contribution is 5.93. The lowest BCUT2D eigenvalue weighted by molar-refractivity contribution is 0.0325. The number of methoxy groups -OCH3 is 1. The Kier molecular flexibility index (Phi) is 4.75. The molecule has 0 saturated carbocycles. The minimum Gasteiger partial charge on any atom is -0.491 e. The minimum absolute atomic E-state index is 0.107. The smallest absolute Gasteiger partial charge is 0.248 e. The lowest BCUT2D eigenvalue weighted by Crippen LogP contribution is -2.22. The van der Waals surface area contributed by atoms with Crippen molar-refractivity contribution in [2.24, 2.45) is 5.73 Å². The molecule has 0 spiro atoms. The van der Waals surface area contributed by atoms with Gasteiger partial charge in [-0.2, -0.15) is 0 Å². The van der Waals surface area contributed by atoms with E-state index in [1.807, 2.05) is 0 Å². The molecular formula is C11H15NO4. The zero-order chi connectivity index (χ0) is 12.0. The normalized spacial score (nSPS) is 12.1. The summed E-state index contributed by atoms with van der Waals surface area (Å²) in [7, 11) is 1.50. The number of benzene rings is 1. The molecule has 0 aromatic heterocycles. The predicted octanol–water partition coefficient (Wildman–Crippen LogP) is 0.172. The summed E-state index contributed by atoms with van der Waals surface area (Å²) in [6.45, 7) is 0.311. The Hall–Kier alpha value is -1.59. The summed E-state index contributed by atoms with van der Waals surface area (Å²) in [4.78, 5) is 10.9. The van der Waals surface area contributed by atoms with Crippen LogP contribution >= 0.6 is 0 Å². The zero-order valence-electron chi connectivity index (χ0n) is 9.05. The summed E-state index contributed by atoms with van der Waals surface area (Å²) in [5, 5.41) is 9.35. The molecule has 0 saturated heterocycles. The molecule has 1 amide bonds. The van der Waals surface area contributed by atoms with Gasteiger partial charge in [0.1, 0.15) is 18.5 Å². The van der Waals surface area contributed by atoms with Gasteiger partial charge in [0.05, 0.1) is 6.61 Å². The number of hydrogen-bond donors (Lipinski definition) is 2. The molecule has 88 valence electrons. The van der Waals surface area contributed by atoms with Gasteiger partial charge in [-0.05, 0) is 18.2 Å². The van der Waals surface area contributed by atoms with E-state index in [4.69, 9.17) is 15.2 Å². The average molecular weight is 225 g/mol. The third kappa shape index (κ3) is 3.88. The van der Waals surface area contributed by atoms with Gasteiger partial charge < -0.3 is 20.3 Å². The number of ether oxygens (including phenoxy) is 2. The topological polar surface area (TPSA) is 81.8 Å². The third-order valence-electron chi connectivity index (χ3n) is 1.92. The van der Waals surface area contributed by atoms with Gasteiger partial charge in [0.25, 0.3) is 0 Å². The molecule has 16 heavy (non-hydrogen) atoms. The molecule has 3 N–H and O–H groups in total. The Morgan fingerprint density at radius 2 is 2.25 bits per heavy atom. The maximum absolute atomic E-state index is 10.9. The molecule has 0 aliphatic carbocycles. The SMILES string of the molecule is COC[C@@H](O)COc1cccc(C(N)=O)c1. The Labute approximate surface area is 93.8 Å². The van der Waals surface area contributed by atoms with Crippen molar-refractivity contribution in [2.75, 3.05) is 20.3 Å². The molecule has 0 aliphatic rings. The van der Waals surface area contributed by atoms with Crippen LogP contribution in [0.5, 0.6) is 5.75 Å². The zero-order valence-corrected chi connectivity index (χ0v) is 9.05. The third-order valence-corrected chi connectivity index (χ3v) is 1.92. The second-order valence-electron chi connectivity index (χ2n) is 3.31. The molecule has 0 heterocycles. The number of aliphatic hydroxyl groups excluding tert-OH is 1. The Morgan fingerprint density at radius 1 is 1.50 bits per heavy atom. The number of carbonyl (C=O) groups is 1. The summed E-state index contributed by atoms with van der Waals surface area (Å²) >= 11 is 0. The van der Waals surface area contributed by atoms with Crippen molar-refractivity contribution >= 4 is 5.91 Å². The van der Waals surface area contributed by atoms with Crippen molar-refractivity contribution in [1.29, 1.82) is 0 Å². The standard InChI is InChI=1S/C11H15NO4/c1-15-6-9(13)7-16-10-4-2-3-8(5-10)11(12)14/h2-5,9,13H,6-7H2,1H3,(H2,12,14)/t9-/m1/s1. The van der Waals surface area contributed by atoms with Crippen molar-refractivity contribution in [1.82, 2.24) is 0 Å². The monoisotopic (exact) mass is 225 g/mol. The first-order valence-corrected chi connectivity index (χ1v) is 4.83. The number of primary amides is 1. The van der Waals surface area contributed by atoms with E-state index < -0.39 is 12.0 Å². The molecule has 5 heteroatoms. The second-order valence-corrected chi connectivity index (χ2v) is 3.31. The highest BCUT2D eigenvalue weighted by Crippen LogP contribution is 2.13. The van der Waals surface area contributed by atoms with E-state index in [-0.39, 0.29) is 13.2 Å². The van der Waals surface area contributed by atoms with Gasteiger partial charge in [0.2, 0.25) is 5.91 Å². The van der Waals surface area contributed by atoms with E-state index >= 15 is 0 Å². The average Bonchev–Trinajstić information content (AvgIpc) is 2.27. The molecule has 0 aliphatic heterocycles. The maximum atomic E-state index is 10.9. The molecular weight excluding hydrogens is 210 g/mol. The van der Waals surface area contributed by atoms with E-state index in [0.717, 1.165) is 0 Å². The van der Waals surface area contributed by atoms with Crippen molar-refractivity contribution in [3.8, 4) is 5.75 Å². The van der Waals surface area contributed by atoms with Crippen LogP contribution in [-0.4, -0.2) is 37.4 Å². The molecule has 0 unspecified atom stereocenters. The van der Waals surface area contributed by atoms with E-state index in [0.29, 0.717) is 11.3 Å². The van der Waals surface area contributed by atoms with Crippen molar-refractivity contribution in [2.45, 2.75) is 6.10 Å². The van der Waals surface area contributed by atoms with Gasteiger partial charge in [-0.15, -0.1) is 0 Å². The van der Waals surface area contributed by atoms with E-state index in [9.17, 15) is 9.90 Å². The van der Waals surface area contributed by atoms with Crippen molar-refractivity contribution < 1.29 is 19.4 Å². The first kappa shape index (κ1) is 12.5. The molecule has 0 bridgehead atoms. The Morgan fingerprint density at radius 3 is 2.88 bits per heavy atom. The summed E-state index contributed by atoms with van der Waals surface area (Å²) in [5.74, 6) is -0.0191. The minimum atomic E-state index is -0.692. The fraction of sp³-hybridized carbons (Fsp3) is 0.364. The number of aliphatic hydroxyl groups is 1. The van der Waals surface area contributed by atoms with Crippen LogP contribution in [0.2, 0.25) is 0 Å². The Balaban J connectivity index is 2.54. The van der Waals surface area contributed by atoms with E-state index in [1.165, 1.54) is 13.2 Å². The van der Waals surface area contributed by atoms with Gasteiger partial charge >= 0.3 is 0 Å². The lowest BCUT2D eigenvalue weighted by atomic mass is 10.2. The molecule has 1 aromatic carbocycles. The summed E-state index contributed by atoms with van der Waals surface area (Å²) in [6, 6.07) is 6.48. The largest absolute Gasteiger partial charge is 0.491 e. The lowest BCUT2D eigenvalue weighted by Gasteiger charge is -2.11. The van der Waals surface area contributed by atoms with Crippen LogP contribution in [0.25, 0.3) is 0 Å². The summed E-state index contributed by atoms with van der Waals surface area (Å²) < 4.78 is 10.0. The van der Waals surface area contributed by atoms with Gasteiger partial charge in [-0.3, -0.25) is 4.79 Å². The van der Waals surface area contributed by atoms with E-state index in [2.05, 4.69) is 0 Å². The quantitative estimate of drug-likeness (QED) is 0.723. The maximum Gasteiger partial charge on any atom is 0.248 e. The highest BCUT2D eigenvalue weighted by Gasteiger charge is 2.06. The van der Waals surface area contributed by atoms with Crippen molar-refractivity contribution in [3.63, 3.8) is 0 Å². The van der Waals surface area contributed by atoms with Gasteiger partial charge in [-0.25, -0.2) is 0 Å². The first-order chi connectivity index (χ1) is 7.63. The van der Waals surface area contributed by atoms with Crippen LogP contribution in [0.1, 0.15) is 10.4 Å². The van der Waals surface area contributed by atoms with Gasteiger partial charge in [0, 0.05) is 12.7 Å².